The van der Waals surface area contributed by atoms with E-state index in [2.05, 4.69) is 4.90 Å². The smallest absolute Gasteiger partial charge is 0.338 e. The van der Waals surface area contributed by atoms with E-state index in [9.17, 15) is 14.9 Å². The third-order valence-corrected chi connectivity index (χ3v) is 4.68. The van der Waals surface area contributed by atoms with Crippen LogP contribution in [0.15, 0.2) is 48.5 Å². The van der Waals surface area contributed by atoms with Gasteiger partial charge in [0.2, 0.25) is 0 Å². The molecular formula is C20H22N2O4. The summed E-state index contributed by atoms with van der Waals surface area (Å²) >= 11 is 0. The summed E-state index contributed by atoms with van der Waals surface area (Å²) in [7, 11) is 0. The van der Waals surface area contributed by atoms with E-state index in [1.54, 1.807) is 24.3 Å². The monoisotopic (exact) mass is 354 g/mol. The number of nitrogens with zero attached hydrogens (tertiary/aromatic N) is 2. The van der Waals surface area contributed by atoms with Crippen molar-refractivity contribution in [1.29, 1.82) is 0 Å². The van der Waals surface area contributed by atoms with Gasteiger partial charge in [0.1, 0.15) is 6.10 Å². The summed E-state index contributed by atoms with van der Waals surface area (Å²) in [5.74, 6) is -0.290. The second-order valence-electron chi connectivity index (χ2n) is 6.63. The van der Waals surface area contributed by atoms with Gasteiger partial charge in [-0.2, -0.15) is 0 Å². The first-order chi connectivity index (χ1) is 12.5. The molecule has 2 aromatic carbocycles. The summed E-state index contributed by atoms with van der Waals surface area (Å²) in [5, 5.41) is 11.1. The van der Waals surface area contributed by atoms with Crippen LogP contribution in [0.25, 0.3) is 0 Å². The van der Waals surface area contributed by atoms with Crippen LogP contribution in [0.1, 0.15) is 34.3 Å². The lowest BCUT2D eigenvalue weighted by atomic mass is 10.1. The Morgan fingerprint density at radius 2 is 1.81 bits per heavy atom. The Bertz CT molecular complexity index is 781. The number of nitro groups is 1. The minimum atomic E-state index is -0.342. The topological polar surface area (TPSA) is 72.7 Å². The summed E-state index contributed by atoms with van der Waals surface area (Å²) in [4.78, 5) is 25.2. The third kappa shape index (κ3) is 4.46. The lowest BCUT2D eigenvalue weighted by Crippen LogP contribution is -2.37. The molecule has 0 spiro atoms. The quantitative estimate of drug-likeness (QED) is 0.465. The van der Waals surface area contributed by atoms with Crippen molar-refractivity contribution in [2.24, 2.45) is 0 Å². The van der Waals surface area contributed by atoms with Gasteiger partial charge in [0, 0.05) is 31.3 Å². The van der Waals surface area contributed by atoms with Crippen LogP contribution < -0.4 is 0 Å². The largest absolute Gasteiger partial charge is 0.459 e. The van der Waals surface area contributed by atoms with E-state index in [0.717, 1.165) is 31.5 Å². The highest BCUT2D eigenvalue weighted by molar-refractivity contribution is 5.89. The van der Waals surface area contributed by atoms with Gasteiger partial charge >= 0.3 is 5.97 Å². The van der Waals surface area contributed by atoms with Gasteiger partial charge < -0.3 is 4.74 Å². The van der Waals surface area contributed by atoms with Gasteiger partial charge in [0.15, 0.2) is 0 Å². The summed E-state index contributed by atoms with van der Waals surface area (Å²) in [6, 6.07) is 14.2. The number of benzene rings is 2. The molecule has 1 heterocycles. The van der Waals surface area contributed by atoms with Gasteiger partial charge in [-0.15, -0.1) is 0 Å². The highest BCUT2D eigenvalue weighted by Gasteiger charge is 2.24. The van der Waals surface area contributed by atoms with Crippen LogP contribution in [0.4, 0.5) is 5.69 Å². The Hall–Kier alpha value is -2.73. The Labute approximate surface area is 152 Å². The number of piperidine rings is 1. The molecule has 2 aromatic rings. The zero-order valence-electron chi connectivity index (χ0n) is 14.8. The molecule has 1 aliphatic rings. The summed E-state index contributed by atoms with van der Waals surface area (Å²) < 4.78 is 5.60. The number of carbonyl (C=O) groups is 1. The molecule has 0 amide bonds. The molecule has 26 heavy (non-hydrogen) atoms. The first-order valence-corrected chi connectivity index (χ1v) is 8.75. The molecule has 6 nitrogen and oxygen atoms in total. The number of carbonyl (C=O) groups excluding carboxylic acids is 1. The summed E-state index contributed by atoms with van der Waals surface area (Å²) in [6.07, 6.45) is 1.36. The molecule has 6 heteroatoms. The Balaban J connectivity index is 1.52. The van der Waals surface area contributed by atoms with Crippen LogP contribution in [-0.2, 0) is 11.3 Å². The zero-order valence-corrected chi connectivity index (χ0v) is 14.8. The predicted molar refractivity (Wildman–Crippen MR) is 98.0 cm³/mol. The number of para-hydroxylation sites is 1. The molecule has 0 bridgehead atoms. The molecule has 0 radical (unpaired) electrons. The fourth-order valence-corrected chi connectivity index (χ4v) is 3.16. The Kier molecular flexibility index (Phi) is 5.63. The van der Waals surface area contributed by atoms with Gasteiger partial charge in [0.05, 0.1) is 10.5 Å². The van der Waals surface area contributed by atoms with Crippen LogP contribution in [0.2, 0.25) is 0 Å². The van der Waals surface area contributed by atoms with E-state index in [4.69, 9.17) is 4.74 Å². The van der Waals surface area contributed by atoms with Crippen molar-refractivity contribution in [2.45, 2.75) is 32.4 Å². The Morgan fingerprint density at radius 1 is 1.15 bits per heavy atom. The van der Waals surface area contributed by atoms with Gasteiger partial charge in [-0.3, -0.25) is 15.0 Å². The molecule has 0 aromatic heterocycles. The van der Waals surface area contributed by atoms with Gasteiger partial charge in [0.25, 0.3) is 5.69 Å². The van der Waals surface area contributed by atoms with Gasteiger partial charge in [-0.25, -0.2) is 4.79 Å². The second kappa shape index (κ2) is 8.10. The van der Waals surface area contributed by atoms with Crippen molar-refractivity contribution in [3.8, 4) is 0 Å². The molecule has 1 aliphatic heterocycles. The Morgan fingerprint density at radius 3 is 2.46 bits per heavy atom. The van der Waals surface area contributed by atoms with Crippen molar-refractivity contribution < 1.29 is 14.5 Å². The van der Waals surface area contributed by atoms with Gasteiger partial charge in [-0.1, -0.05) is 35.9 Å². The first kappa shape index (κ1) is 18.1. The van der Waals surface area contributed by atoms with Gasteiger partial charge in [-0.05, 0) is 31.9 Å². The average molecular weight is 354 g/mol. The maximum absolute atomic E-state index is 12.2. The number of hydrogen-bond acceptors (Lipinski definition) is 5. The van der Waals surface area contributed by atoms with Crippen LogP contribution in [0.5, 0.6) is 0 Å². The fourth-order valence-electron chi connectivity index (χ4n) is 3.16. The number of aryl methyl sites for hydroxylation is 1. The standard InChI is InChI=1S/C20H22N2O4/c1-15-6-8-16(9-7-15)20(23)26-18-10-12-21(13-11-18)14-17-4-2-3-5-19(17)22(24)25/h2-9,18H,10-14H2,1H3. The number of nitro benzene ring substituents is 1. The van der Waals surface area contributed by atoms with Crippen LogP contribution in [-0.4, -0.2) is 35.0 Å². The van der Waals surface area contributed by atoms with E-state index in [-0.39, 0.29) is 22.7 Å². The van der Waals surface area contributed by atoms with Crippen LogP contribution in [0, 0.1) is 17.0 Å². The first-order valence-electron chi connectivity index (χ1n) is 8.75. The lowest BCUT2D eigenvalue weighted by Gasteiger charge is -2.31. The van der Waals surface area contributed by atoms with E-state index in [1.165, 1.54) is 6.07 Å². The molecule has 1 saturated heterocycles. The highest BCUT2D eigenvalue weighted by Crippen LogP contribution is 2.22. The number of ether oxygens (including phenoxy) is 1. The number of esters is 1. The molecule has 0 aliphatic carbocycles. The van der Waals surface area contributed by atoms with Crippen LogP contribution in [0.3, 0.4) is 0 Å². The zero-order chi connectivity index (χ0) is 18.5. The number of rotatable bonds is 5. The minimum absolute atomic E-state index is 0.106. The SMILES string of the molecule is Cc1ccc(C(=O)OC2CCN(Cc3ccccc3[N+](=O)[O-])CC2)cc1. The second-order valence-corrected chi connectivity index (χ2v) is 6.63. The minimum Gasteiger partial charge on any atom is -0.459 e. The van der Waals surface area contributed by atoms with Crippen molar-refractivity contribution >= 4 is 11.7 Å². The van der Waals surface area contributed by atoms with Crippen molar-refractivity contribution in [1.82, 2.24) is 4.90 Å². The molecule has 0 saturated carbocycles. The van der Waals surface area contributed by atoms with E-state index in [1.807, 2.05) is 25.1 Å². The van der Waals surface area contributed by atoms with Crippen molar-refractivity contribution in [3.05, 3.63) is 75.3 Å². The molecule has 136 valence electrons. The third-order valence-electron chi connectivity index (χ3n) is 4.68. The van der Waals surface area contributed by atoms with Crippen molar-refractivity contribution in [2.75, 3.05) is 13.1 Å². The molecule has 0 unspecified atom stereocenters. The average Bonchev–Trinajstić information content (AvgIpc) is 2.64. The molecule has 3 rings (SSSR count). The number of hydrogen-bond donors (Lipinski definition) is 0. The summed E-state index contributed by atoms with van der Waals surface area (Å²) in [5.41, 5.74) is 2.54. The molecule has 0 N–H and O–H groups in total. The maximum Gasteiger partial charge on any atom is 0.338 e. The molecule has 0 atom stereocenters. The maximum atomic E-state index is 12.2. The highest BCUT2D eigenvalue weighted by atomic mass is 16.6. The normalized spacial score (nSPS) is 15.6. The van der Waals surface area contributed by atoms with E-state index in [0.29, 0.717) is 17.7 Å². The molecule has 1 fully saturated rings. The molecular weight excluding hydrogens is 332 g/mol. The summed E-state index contributed by atoms with van der Waals surface area (Å²) in [6.45, 7) is 4.01. The lowest BCUT2D eigenvalue weighted by molar-refractivity contribution is -0.385. The predicted octanol–water partition coefficient (Wildman–Crippen LogP) is 3.72. The number of likely N-dealkylation sites (tertiary alicyclic amines) is 1. The van der Waals surface area contributed by atoms with E-state index >= 15 is 0 Å². The van der Waals surface area contributed by atoms with E-state index < -0.39 is 0 Å². The van der Waals surface area contributed by atoms with Crippen molar-refractivity contribution in [3.63, 3.8) is 0 Å². The fraction of sp³-hybridized carbons (Fsp3) is 0.350. The van der Waals surface area contributed by atoms with Crippen LogP contribution >= 0.6 is 0 Å².